The Labute approximate surface area is 117 Å². The van der Waals surface area contributed by atoms with Gasteiger partial charge in [0.25, 0.3) is 0 Å². The Morgan fingerprint density at radius 2 is 2.05 bits per heavy atom. The molecule has 5 nitrogen and oxygen atoms in total. The quantitative estimate of drug-likeness (QED) is 0.756. The molecule has 0 amide bonds. The van der Waals surface area contributed by atoms with Crippen molar-refractivity contribution in [3.05, 3.63) is 46.6 Å². The molecule has 0 atom stereocenters. The first kappa shape index (κ1) is 13.1. The summed E-state index contributed by atoms with van der Waals surface area (Å²) < 4.78 is 8.58. The molecule has 3 rings (SSSR count). The smallest absolute Gasteiger partial charge is 0.350 e. The van der Waals surface area contributed by atoms with E-state index in [0.717, 1.165) is 24.4 Å². The van der Waals surface area contributed by atoms with Crippen molar-refractivity contribution < 1.29 is 4.74 Å². The topological polar surface area (TPSA) is 49.0 Å². The molecule has 0 aliphatic heterocycles. The van der Waals surface area contributed by atoms with Crippen molar-refractivity contribution in [1.29, 1.82) is 0 Å². The van der Waals surface area contributed by atoms with Crippen molar-refractivity contribution in [2.45, 2.75) is 32.2 Å². The maximum Gasteiger partial charge on any atom is 0.350 e. The van der Waals surface area contributed by atoms with Crippen LogP contribution in [0.1, 0.15) is 31.5 Å². The van der Waals surface area contributed by atoms with Gasteiger partial charge in [-0.3, -0.25) is 0 Å². The molecule has 0 bridgehead atoms. The zero-order valence-corrected chi connectivity index (χ0v) is 11.7. The van der Waals surface area contributed by atoms with Crippen LogP contribution in [0.3, 0.4) is 0 Å². The molecule has 0 saturated heterocycles. The minimum absolute atomic E-state index is 0.0715. The molecule has 0 unspecified atom stereocenters. The van der Waals surface area contributed by atoms with Crippen LogP contribution in [0, 0.1) is 0 Å². The molecule has 1 aromatic carbocycles. The van der Waals surface area contributed by atoms with E-state index in [1.54, 1.807) is 4.57 Å². The van der Waals surface area contributed by atoms with Crippen LogP contribution in [0.5, 0.6) is 0 Å². The molecule has 1 aromatic heterocycles. The van der Waals surface area contributed by atoms with Crippen molar-refractivity contribution in [3.8, 4) is 5.69 Å². The van der Waals surface area contributed by atoms with Crippen molar-refractivity contribution in [1.82, 2.24) is 14.3 Å². The average molecular weight is 273 g/mol. The van der Waals surface area contributed by atoms with Gasteiger partial charge in [0.05, 0.1) is 18.8 Å². The van der Waals surface area contributed by atoms with Crippen molar-refractivity contribution in [3.63, 3.8) is 0 Å². The lowest BCUT2D eigenvalue weighted by Gasteiger charge is -2.03. The Bertz CT molecular complexity index is 626. The van der Waals surface area contributed by atoms with Crippen LogP contribution in [0.4, 0.5) is 0 Å². The second-order valence-corrected chi connectivity index (χ2v) is 5.01. The van der Waals surface area contributed by atoms with Gasteiger partial charge in [-0.15, -0.1) is 0 Å². The SMILES string of the molecule is CCOCCn1nc(C2CC2)n(-c2ccccc2)c1=O. The molecule has 1 aliphatic rings. The van der Waals surface area contributed by atoms with Crippen molar-refractivity contribution in [2.24, 2.45) is 0 Å². The molecule has 106 valence electrons. The number of aromatic nitrogens is 3. The molecule has 1 saturated carbocycles. The molecule has 20 heavy (non-hydrogen) atoms. The fourth-order valence-electron chi connectivity index (χ4n) is 2.29. The number of hydrogen-bond acceptors (Lipinski definition) is 3. The predicted octanol–water partition coefficient (Wildman–Crippen LogP) is 1.95. The molecule has 5 heteroatoms. The highest BCUT2D eigenvalue weighted by atomic mass is 16.5. The molecule has 0 radical (unpaired) electrons. The summed E-state index contributed by atoms with van der Waals surface area (Å²) in [6.07, 6.45) is 2.24. The third kappa shape index (κ3) is 2.54. The van der Waals surface area contributed by atoms with Gasteiger partial charge in [0, 0.05) is 12.5 Å². The summed E-state index contributed by atoms with van der Waals surface area (Å²) in [6, 6.07) is 9.72. The molecular formula is C15H19N3O2. The Morgan fingerprint density at radius 3 is 2.70 bits per heavy atom. The summed E-state index contributed by atoms with van der Waals surface area (Å²) in [5.41, 5.74) is 0.819. The molecule has 1 fully saturated rings. The lowest BCUT2D eigenvalue weighted by Crippen LogP contribution is -2.26. The number of rotatable bonds is 6. The summed E-state index contributed by atoms with van der Waals surface area (Å²) in [4.78, 5) is 12.5. The minimum Gasteiger partial charge on any atom is -0.380 e. The summed E-state index contributed by atoms with van der Waals surface area (Å²) in [5.74, 6) is 1.31. The van der Waals surface area contributed by atoms with Crippen LogP contribution in [-0.4, -0.2) is 27.6 Å². The van der Waals surface area contributed by atoms with Gasteiger partial charge in [0.1, 0.15) is 5.82 Å². The largest absolute Gasteiger partial charge is 0.380 e. The van der Waals surface area contributed by atoms with Gasteiger partial charge in [-0.05, 0) is 31.9 Å². The minimum atomic E-state index is -0.0715. The van der Waals surface area contributed by atoms with E-state index >= 15 is 0 Å². The fourth-order valence-corrected chi connectivity index (χ4v) is 2.29. The molecule has 1 aliphatic carbocycles. The molecule has 0 spiro atoms. The molecule has 2 aromatic rings. The number of nitrogens with zero attached hydrogens (tertiary/aromatic N) is 3. The normalized spacial score (nSPS) is 14.7. The Kier molecular flexibility index (Phi) is 3.69. The predicted molar refractivity (Wildman–Crippen MR) is 76.3 cm³/mol. The van der Waals surface area contributed by atoms with Crippen LogP contribution in [0.15, 0.2) is 35.1 Å². The van der Waals surface area contributed by atoms with Gasteiger partial charge in [-0.1, -0.05) is 18.2 Å². The van der Waals surface area contributed by atoms with Gasteiger partial charge in [0.2, 0.25) is 0 Å². The lowest BCUT2D eigenvalue weighted by atomic mass is 10.3. The summed E-state index contributed by atoms with van der Waals surface area (Å²) in [7, 11) is 0. The highest BCUT2D eigenvalue weighted by Crippen LogP contribution is 2.39. The number of hydrogen-bond donors (Lipinski definition) is 0. The van der Waals surface area contributed by atoms with Gasteiger partial charge in [-0.25, -0.2) is 14.0 Å². The third-order valence-electron chi connectivity index (χ3n) is 3.47. The first-order valence-corrected chi connectivity index (χ1v) is 7.14. The first-order chi connectivity index (χ1) is 9.81. The lowest BCUT2D eigenvalue weighted by molar-refractivity contribution is 0.135. The maximum atomic E-state index is 12.5. The van der Waals surface area contributed by atoms with Crippen molar-refractivity contribution >= 4 is 0 Å². The zero-order chi connectivity index (χ0) is 13.9. The van der Waals surface area contributed by atoms with Crippen LogP contribution in [-0.2, 0) is 11.3 Å². The van der Waals surface area contributed by atoms with E-state index in [1.165, 1.54) is 4.68 Å². The molecule has 0 N–H and O–H groups in total. The van der Waals surface area contributed by atoms with E-state index in [4.69, 9.17) is 4.74 Å². The summed E-state index contributed by atoms with van der Waals surface area (Å²) in [6.45, 7) is 3.63. The Hall–Kier alpha value is -1.88. The van der Waals surface area contributed by atoms with Crippen LogP contribution in [0.25, 0.3) is 5.69 Å². The first-order valence-electron chi connectivity index (χ1n) is 7.14. The number of ether oxygens (including phenoxy) is 1. The van der Waals surface area contributed by atoms with E-state index < -0.39 is 0 Å². The number of benzene rings is 1. The van der Waals surface area contributed by atoms with Crippen LogP contribution in [0.2, 0.25) is 0 Å². The standard InChI is InChI=1S/C15H19N3O2/c1-2-20-11-10-17-15(19)18(13-6-4-3-5-7-13)14(16-17)12-8-9-12/h3-7,12H,2,8-11H2,1H3. The zero-order valence-electron chi connectivity index (χ0n) is 11.7. The summed E-state index contributed by atoms with van der Waals surface area (Å²) in [5, 5.41) is 4.51. The maximum absolute atomic E-state index is 12.5. The highest BCUT2D eigenvalue weighted by molar-refractivity contribution is 5.33. The Morgan fingerprint density at radius 1 is 1.30 bits per heavy atom. The van der Waals surface area contributed by atoms with E-state index in [0.29, 0.717) is 25.7 Å². The number of para-hydroxylation sites is 1. The van der Waals surface area contributed by atoms with Gasteiger partial charge >= 0.3 is 5.69 Å². The highest BCUT2D eigenvalue weighted by Gasteiger charge is 2.31. The van der Waals surface area contributed by atoms with E-state index in [1.807, 2.05) is 37.3 Å². The third-order valence-corrected chi connectivity index (χ3v) is 3.47. The van der Waals surface area contributed by atoms with Crippen LogP contribution >= 0.6 is 0 Å². The van der Waals surface area contributed by atoms with E-state index in [-0.39, 0.29) is 5.69 Å². The Balaban J connectivity index is 1.97. The monoisotopic (exact) mass is 273 g/mol. The van der Waals surface area contributed by atoms with E-state index in [9.17, 15) is 4.79 Å². The van der Waals surface area contributed by atoms with Crippen molar-refractivity contribution in [2.75, 3.05) is 13.2 Å². The van der Waals surface area contributed by atoms with Gasteiger partial charge in [-0.2, -0.15) is 5.10 Å². The van der Waals surface area contributed by atoms with Crippen LogP contribution < -0.4 is 5.69 Å². The van der Waals surface area contributed by atoms with Gasteiger partial charge in [0.15, 0.2) is 0 Å². The van der Waals surface area contributed by atoms with Gasteiger partial charge < -0.3 is 4.74 Å². The second kappa shape index (κ2) is 5.63. The summed E-state index contributed by atoms with van der Waals surface area (Å²) >= 11 is 0. The molecule has 1 heterocycles. The van der Waals surface area contributed by atoms with E-state index in [2.05, 4.69) is 5.10 Å². The molecular weight excluding hydrogens is 254 g/mol. The fraction of sp³-hybridized carbons (Fsp3) is 0.467. The average Bonchev–Trinajstić information content (AvgIpc) is 3.26. The second-order valence-electron chi connectivity index (χ2n) is 5.01.